The van der Waals surface area contributed by atoms with Gasteiger partial charge in [0, 0.05) is 40.6 Å². The summed E-state index contributed by atoms with van der Waals surface area (Å²) in [5.74, 6) is -3.29. The topological polar surface area (TPSA) is 6.48 Å². The second-order valence-electron chi connectivity index (χ2n) is 13.7. The molecule has 6 rings (SSSR count). The maximum Gasteiger partial charge on any atom is 0.400 e. The molecule has 6 aromatic carbocycles. The first-order valence-electron chi connectivity index (χ1n) is 19.9. The van der Waals surface area contributed by atoms with Gasteiger partial charge in [-0.1, -0.05) is 155 Å². The van der Waals surface area contributed by atoms with Gasteiger partial charge in [0.2, 0.25) is 0 Å². The Kier molecular flexibility index (Phi) is 21.2. The van der Waals surface area contributed by atoms with E-state index < -0.39 is 24.7 Å². The van der Waals surface area contributed by atoms with Crippen LogP contribution >= 0.6 is 0 Å². The highest BCUT2D eigenvalue weighted by atomic mass is 19.4. The van der Waals surface area contributed by atoms with Gasteiger partial charge in [0.1, 0.15) is 0 Å². The molecule has 0 atom stereocenters. The molecule has 0 N–H and O–H groups in total. The average molecular weight is 837 g/mol. The van der Waals surface area contributed by atoms with Gasteiger partial charge in [-0.25, -0.2) is 0 Å². The molecule has 8 heteroatoms. The SMILES string of the molecule is C=C(C)N(c1ccc(CC)cc1)c1cccc2ccccc12.C=CC.C=CC=C.C=CCC(C(F)(F)F)C(F)(F)F.CCc1ccc(N(C)c2cccc3ccccc23)cc1. The van der Waals surface area contributed by atoms with Gasteiger partial charge in [0.25, 0.3) is 0 Å². The molecule has 0 saturated heterocycles. The van der Waals surface area contributed by atoms with E-state index in [-0.39, 0.29) is 0 Å². The predicted molar refractivity (Wildman–Crippen MR) is 251 cm³/mol. The number of rotatable bonds is 10. The number of halogens is 6. The van der Waals surface area contributed by atoms with Gasteiger partial charge in [0.05, 0.1) is 5.69 Å². The molecule has 0 saturated carbocycles. The van der Waals surface area contributed by atoms with Crippen LogP contribution in [0.3, 0.4) is 0 Å². The number of fused-ring (bicyclic) bond motifs is 2. The molecule has 0 aliphatic carbocycles. The number of hydrogen-bond donors (Lipinski definition) is 0. The van der Waals surface area contributed by atoms with E-state index in [1.54, 1.807) is 18.2 Å². The first kappa shape index (κ1) is 50.9. The molecule has 6 aromatic rings. The summed E-state index contributed by atoms with van der Waals surface area (Å²) in [5, 5.41) is 5.06. The van der Waals surface area contributed by atoms with Crippen molar-refractivity contribution >= 4 is 44.3 Å². The number of nitrogens with zero attached hydrogens (tertiary/aromatic N) is 2. The Morgan fingerprint density at radius 1 is 0.574 bits per heavy atom. The van der Waals surface area contributed by atoms with Crippen LogP contribution in [-0.2, 0) is 12.8 Å². The van der Waals surface area contributed by atoms with E-state index in [9.17, 15) is 26.3 Å². The first-order valence-corrected chi connectivity index (χ1v) is 19.9. The van der Waals surface area contributed by atoms with Gasteiger partial charge < -0.3 is 9.80 Å². The highest BCUT2D eigenvalue weighted by Crippen LogP contribution is 2.41. The summed E-state index contributed by atoms with van der Waals surface area (Å²) in [6, 6.07) is 47.4. The molecule has 0 aliphatic rings. The molecule has 0 bridgehead atoms. The summed E-state index contributed by atoms with van der Waals surface area (Å²) in [5.41, 5.74) is 8.53. The molecule has 0 radical (unpaired) electrons. The first-order chi connectivity index (χ1) is 29.0. The van der Waals surface area contributed by atoms with E-state index in [1.165, 1.54) is 49.7 Å². The zero-order valence-corrected chi connectivity index (χ0v) is 35.9. The van der Waals surface area contributed by atoms with Crippen LogP contribution in [0, 0.1) is 5.92 Å². The largest absolute Gasteiger partial charge is 0.400 e. The third-order valence-electron chi connectivity index (χ3n) is 9.21. The minimum absolute atomic E-state index is 0.603. The molecule has 61 heavy (non-hydrogen) atoms. The number of benzene rings is 6. The lowest BCUT2D eigenvalue weighted by molar-refractivity contribution is -0.282. The lowest BCUT2D eigenvalue weighted by Crippen LogP contribution is -2.35. The van der Waals surface area contributed by atoms with Crippen LogP contribution < -0.4 is 9.80 Å². The molecule has 0 spiro atoms. The van der Waals surface area contributed by atoms with Crippen LogP contribution in [-0.4, -0.2) is 19.4 Å². The van der Waals surface area contributed by atoms with Crippen LogP contribution in [0.4, 0.5) is 49.1 Å². The summed E-state index contributed by atoms with van der Waals surface area (Å²) < 4.78 is 69.8. The van der Waals surface area contributed by atoms with E-state index >= 15 is 0 Å². The molecule has 0 aromatic heterocycles. The highest BCUT2D eigenvalue weighted by molar-refractivity contribution is 5.97. The van der Waals surface area contributed by atoms with Gasteiger partial charge in [-0.15, -0.1) is 13.2 Å². The van der Waals surface area contributed by atoms with Crippen molar-refractivity contribution in [2.45, 2.75) is 59.3 Å². The van der Waals surface area contributed by atoms with E-state index in [4.69, 9.17) is 0 Å². The molecule has 0 aliphatic heterocycles. The van der Waals surface area contributed by atoms with Gasteiger partial charge in [-0.05, 0) is 91.4 Å². The summed E-state index contributed by atoms with van der Waals surface area (Å²) in [6.07, 6.45) is -3.85. The van der Waals surface area contributed by atoms with Gasteiger partial charge in [-0.3, -0.25) is 0 Å². The molecule has 0 heterocycles. The minimum atomic E-state index is -5.24. The Morgan fingerprint density at radius 2 is 0.951 bits per heavy atom. The maximum atomic E-state index is 11.6. The molecule has 0 amide bonds. The van der Waals surface area contributed by atoms with Crippen molar-refractivity contribution in [3.8, 4) is 0 Å². The number of hydrogen-bond acceptors (Lipinski definition) is 2. The van der Waals surface area contributed by atoms with Crippen LogP contribution in [0.25, 0.3) is 21.5 Å². The maximum absolute atomic E-state index is 11.6. The van der Waals surface area contributed by atoms with E-state index in [0.717, 1.165) is 24.2 Å². The van der Waals surface area contributed by atoms with Crippen molar-refractivity contribution in [2.24, 2.45) is 5.92 Å². The van der Waals surface area contributed by atoms with Gasteiger partial charge in [-0.2, -0.15) is 26.3 Å². The predicted octanol–water partition coefficient (Wildman–Crippen LogP) is 17.1. The molecule has 0 fully saturated rings. The van der Waals surface area contributed by atoms with Crippen LogP contribution in [0.5, 0.6) is 0 Å². The Balaban J connectivity index is 0.000000302. The monoisotopic (exact) mass is 836 g/mol. The number of anilines is 4. The third kappa shape index (κ3) is 15.7. The van der Waals surface area contributed by atoms with Crippen molar-refractivity contribution < 1.29 is 26.3 Å². The quantitative estimate of drug-likeness (QED) is 0.0770. The minimum Gasteiger partial charge on any atom is -0.344 e. The second-order valence-corrected chi connectivity index (χ2v) is 13.7. The summed E-state index contributed by atoms with van der Waals surface area (Å²) in [7, 11) is 2.13. The lowest BCUT2D eigenvalue weighted by Gasteiger charge is -2.26. The Labute approximate surface area is 359 Å². The third-order valence-corrected chi connectivity index (χ3v) is 9.21. The standard InChI is InChI=1S/C21H21N.C19H19N.C6H6F6.C4H6.C3H6/c1-4-17-12-14-19(15-13-17)22(16(2)3)21-11-7-9-18-8-5-6-10-20(18)21;1-3-15-11-13-17(14-12-15)20(2)19-10-6-8-16-7-4-5-9-18(16)19;1-2-3-4(5(7,8)9)6(10,11)12;1-3-4-2;1-3-2/h5-15H,2,4H2,1,3H3;4-14H,3H2,1-2H3;2,4H,1,3H2;3-4H,1-2H2;3H,1H2,2H3. The fourth-order valence-corrected chi connectivity index (χ4v) is 6.06. The molecule has 322 valence electrons. The van der Waals surface area contributed by atoms with Crippen molar-refractivity contribution in [1.29, 1.82) is 0 Å². The van der Waals surface area contributed by atoms with Gasteiger partial charge in [0.15, 0.2) is 5.92 Å². The Morgan fingerprint density at radius 3 is 1.31 bits per heavy atom. The van der Waals surface area contributed by atoms with Gasteiger partial charge >= 0.3 is 12.4 Å². The number of aryl methyl sites for hydroxylation is 2. The summed E-state index contributed by atoms with van der Waals surface area (Å²) in [6.45, 7) is 25.4. The van der Waals surface area contributed by atoms with Crippen LogP contribution in [0.15, 0.2) is 196 Å². The zero-order chi connectivity index (χ0) is 45.6. The summed E-state index contributed by atoms with van der Waals surface area (Å²) in [4.78, 5) is 4.48. The number of alkyl halides is 6. The number of allylic oxidation sites excluding steroid dienone is 5. The zero-order valence-electron chi connectivity index (χ0n) is 35.9. The Hall–Kier alpha value is -6.28. The van der Waals surface area contributed by atoms with E-state index in [1.807, 2.05) is 6.92 Å². The smallest absolute Gasteiger partial charge is 0.344 e. The fraction of sp³-hybridized carbons (Fsp3) is 0.208. The fourth-order valence-electron chi connectivity index (χ4n) is 6.06. The van der Waals surface area contributed by atoms with Crippen LogP contribution in [0.2, 0.25) is 0 Å². The Bertz CT molecular complexity index is 2240. The molecular weight excluding hydrogens is 779 g/mol. The molecular formula is C53H58F6N2. The van der Waals surface area contributed by atoms with E-state index in [0.29, 0.717) is 6.08 Å². The van der Waals surface area contributed by atoms with Crippen molar-refractivity contribution in [3.63, 3.8) is 0 Å². The highest BCUT2D eigenvalue weighted by Gasteiger charge is 2.55. The molecule has 2 nitrogen and oxygen atoms in total. The van der Waals surface area contributed by atoms with Crippen molar-refractivity contribution in [3.05, 3.63) is 207 Å². The van der Waals surface area contributed by atoms with E-state index in [2.05, 4.69) is 204 Å². The van der Waals surface area contributed by atoms with Crippen LogP contribution in [0.1, 0.15) is 45.2 Å². The molecule has 0 unspecified atom stereocenters. The normalized spacial score (nSPS) is 10.6. The second kappa shape index (κ2) is 25.4. The lowest BCUT2D eigenvalue weighted by atomic mass is 10.1. The average Bonchev–Trinajstić information content (AvgIpc) is 3.25. The van der Waals surface area contributed by atoms with Crippen molar-refractivity contribution in [2.75, 3.05) is 16.8 Å². The van der Waals surface area contributed by atoms with Crippen molar-refractivity contribution in [1.82, 2.24) is 0 Å². The summed E-state index contributed by atoms with van der Waals surface area (Å²) >= 11 is 0.